The number of fused-ring (bicyclic) bond motifs is 1. The van der Waals surface area contributed by atoms with Crippen molar-refractivity contribution in [3.8, 4) is 11.3 Å². The van der Waals surface area contributed by atoms with E-state index in [1.807, 2.05) is 73.8 Å². The summed E-state index contributed by atoms with van der Waals surface area (Å²) < 4.78 is 29.1. The Kier molecular flexibility index (Phi) is 5.02. The fraction of sp³-hybridized carbons (Fsp3) is 0.136. The molecule has 5 nitrogen and oxygen atoms in total. The molecule has 0 amide bonds. The van der Waals surface area contributed by atoms with Gasteiger partial charge in [0.1, 0.15) is 0 Å². The van der Waals surface area contributed by atoms with Crippen LogP contribution < -0.4 is 9.62 Å². The Morgan fingerprint density at radius 3 is 2.41 bits per heavy atom. The lowest BCUT2D eigenvalue weighted by Gasteiger charge is -2.17. The van der Waals surface area contributed by atoms with Crippen molar-refractivity contribution in [3.05, 3.63) is 71.1 Å². The van der Waals surface area contributed by atoms with E-state index < -0.39 is 10.0 Å². The van der Waals surface area contributed by atoms with E-state index in [1.165, 1.54) is 0 Å². The maximum Gasteiger partial charge on any atom is 0.262 e. The number of aromatic nitrogens is 1. The van der Waals surface area contributed by atoms with Crippen LogP contribution in [-0.4, -0.2) is 27.5 Å². The average molecular weight is 424 g/mol. The summed E-state index contributed by atoms with van der Waals surface area (Å²) in [5.41, 5.74) is 3.20. The fourth-order valence-corrected chi connectivity index (χ4v) is 5.23. The van der Waals surface area contributed by atoms with Gasteiger partial charge in [0.15, 0.2) is 0 Å². The molecule has 29 heavy (non-hydrogen) atoms. The highest BCUT2D eigenvalue weighted by atomic mass is 32.2. The van der Waals surface area contributed by atoms with Crippen LogP contribution in [0.5, 0.6) is 0 Å². The second-order valence-electron chi connectivity index (χ2n) is 6.96. The molecule has 3 aromatic carbocycles. The van der Waals surface area contributed by atoms with Gasteiger partial charge in [-0.15, -0.1) is 11.3 Å². The molecule has 0 saturated carbocycles. The van der Waals surface area contributed by atoms with Gasteiger partial charge >= 0.3 is 0 Å². The predicted octanol–water partition coefficient (Wildman–Crippen LogP) is 5.14. The molecular formula is C22H21N3O2S2. The molecule has 0 fully saturated rings. The number of thiazole rings is 1. The molecule has 0 unspecified atom stereocenters. The van der Waals surface area contributed by atoms with Crippen molar-refractivity contribution in [2.45, 2.75) is 11.8 Å². The van der Waals surface area contributed by atoms with Crippen molar-refractivity contribution in [1.29, 1.82) is 0 Å². The third-order valence-electron chi connectivity index (χ3n) is 4.66. The van der Waals surface area contributed by atoms with Crippen LogP contribution in [0.2, 0.25) is 0 Å². The van der Waals surface area contributed by atoms with Crippen LogP contribution in [0, 0.1) is 6.92 Å². The maximum absolute atomic E-state index is 13.2. The lowest BCUT2D eigenvalue weighted by Crippen LogP contribution is -2.14. The molecule has 1 N–H and O–H groups in total. The summed E-state index contributed by atoms with van der Waals surface area (Å²) in [6.07, 6.45) is 0. The molecule has 0 spiro atoms. The SMILES string of the molecule is Cc1nc(-c2cccc(NS(=O)(=O)c3cccc4c(N(C)C)cccc34)c2)cs1. The highest BCUT2D eigenvalue weighted by Gasteiger charge is 2.19. The van der Waals surface area contributed by atoms with Gasteiger partial charge in [0.05, 0.1) is 15.6 Å². The van der Waals surface area contributed by atoms with Crippen molar-refractivity contribution in [2.24, 2.45) is 0 Å². The number of nitrogens with one attached hydrogen (secondary N) is 1. The van der Waals surface area contributed by atoms with Crippen molar-refractivity contribution < 1.29 is 8.42 Å². The molecule has 0 aliphatic heterocycles. The number of hydrogen-bond donors (Lipinski definition) is 1. The molecule has 1 heterocycles. The van der Waals surface area contributed by atoms with Crippen molar-refractivity contribution in [1.82, 2.24) is 4.98 Å². The Balaban J connectivity index is 1.74. The van der Waals surface area contributed by atoms with E-state index in [4.69, 9.17) is 0 Å². The van der Waals surface area contributed by atoms with E-state index in [1.54, 1.807) is 29.5 Å². The molecule has 7 heteroatoms. The van der Waals surface area contributed by atoms with E-state index in [9.17, 15) is 8.42 Å². The molecule has 1 aromatic heterocycles. The largest absolute Gasteiger partial charge is 0.377 e. The van der Waals surface area contributed by atoms with Crippen LogP contribution in [0.3, 0.4) is 0 Å². The first kappa shape index (κ1) is 19.4. The normalized spacial score (nSPS) is 11.6. The molecule has 148 valence electrons. The first-order chi connectivity index (χ1) is 13.8. The van der Waals surface area contributed by atoms with Crippen molar-refractivity contribution >= 4 is 43.5 Å². The standard InChI is InChI=1S/C22H21N3O2S2/c1-15-23-20(14-28-15)16-7-4-8-17(13-16)24-29(26,27)22-12-6-9-18-19(22)10-5-11-21(18)25(2)3/h4-14,24H,1-3H3. The summed E-state index contributed by atoms with van der Waals surface area (Å²) in [6, 6.07) is 18.4. The van der Waals surface area contributed by atoms with E-state index >= 15 is 0 Å². The summed E-state index contributed by atoms with van der Waals surface area (Å²) in [7, 11) is 0.126. The van der Waals surface area contributed by atoms with Crippen LogP contribution in [-0.2, 0) is 10.0 Å². The number of sulfonamides is 1. The van der Waals surface area contributed by atoms with Gasteiger partial charge in [-0.2, -0.15) is 0 Å². The quantitative estimate of drug-likeness (QED) is 0.483. The smallest absolute Gasteiger partial charge is 0.262 e. The molecule has 4 rings (SSSR count). The third kappa shape index (κ3) is 3.83. The molecule has 4 aromatic rings. The summed E-state index contributed by atoms with van der Waals surface area (Å²) in [5, 5.41) is 4.53. The molecule has 0 aliphatic carbocycles. The summed E-state index contributed by atoms with van der Waals surface area (Å²) >= 11 is 1.57. The number of anilines is 2. The minimum absolute atomic E-state index is 0.258. The zero-order valence-electron chi connectivity index (χ0n) is 16.4. The Hall–Kier alpha value is -2.90. The molecule has 0 bridgehead atoms. The minimum atomic E-state index is -3.76. The topological polar surface area (TPSA) is 62.3 Å². The number of nitrogens with zero attached hydrogens (tertiary/aromatic N) is 2. The average Bonchev–Trinajstić information content (AvgIpc) is 3.13. The van der Waals surface area contributed by atoms with Gasteiger partial charge in [-0.1, -0.05) is 36.4 Å². The number of aryl methyl sites for hydroxylation is 1. The second kappa shape index (κ2) is 7.50. The van der Waals surface area contributed by atoms with Gasteiger partial charge in [-0.05, 0) is 31.2 Å². The third-order valence-corrected chi connectivity index (χ3v) is 6.87. The van der Waals surface area contributed by atoms with Gasteiger partial charge in [-0.25, -0.2) is 13.4 Å². The highest BCUT2D eigenvalue weighted by Crippen LogP contribution is 2.31. The summed E-state index contributed by atoms with van der Waals surface area (Å²) in [5.74, 6) is 0. The monoisotopic (exact) mass is 423 g/mol. The Morgan fingerprint density at radius 2 is 1.69 bits per heavy atom. The predicted molar refractivity (Wildman–Crippen MR) is 121 cm³/mol. The van der Waals surface area contributed by atoms with Crippen LogP contribution in [0.15, 0.2) is 70.9 Å². The van der Waals surface area contributed by atoms with Gasteiger partial charge in [0, 0.05) is 47.2 Å². The molecular weight excluding hydrogens is 402 g/mol. The minimum Gasteiger partial charge on any atom is -0.377 e. The lowest BCUT2D eigenvalue weighted by molar-refractivity contribution is 0.602. The molecule has 0 radical (unpaired) electrons. The number of benzene rings is 3. The lowest BCUT2D eigenvalue weighted by atomic mass is 10.1. The second-order valence-corrected chi connectivity index (χ2v) is 9.67. The summed E-state index contributed by atoms with van der Waals surface area (Å²) in [4.78, 5) is 6.72. The van der Waals surface area contributed by atoms with Crippen LogP contribution in [0.4, 0.5) is 11.4 Å². The number of rotatable bonds is 5. The van der Waals surface area contributed by atoms with Gasteiger partial charge < -0.3 is 4.90 Å². The number of hydrogen-bond acceptors (Lipinski definition) is 5. The van der Waals surface area contributed by atoms with Crippen LogP contribution in [0.25, 0.3) is 22.0 Å². The van der Waals surface area contributed by atoms with E-state index in [0.29, 0.717) is 11.1 Å². The van der Waals surface area contributed by atoms with Crippen molar-refractivity contribution in [3.63, 3.8) is 0 Å². The van der Waals surface area contributed by atoms with Crippen molar-refractivity contribution in [2.75, 3.05) is 23.7 Å². The Labute approximate surface area is 174 Å². The summed E-state index contributed by atoms with van der Waals surface area (Å²) in [6.45, 7) is 1.95. The molecule has 0 saturated heterocycles. The maximum atomic E-state index is 13.2. The Bertz CT molecular complexity index is 1290. The van der Waals surface area contributed by atoms with Crippen LogP contribution in [0.1, 0.15) is 5.01 Å². The first-order valence-corrected chi connectivity index (χ1v) is 11.5. The van der Waals surface area contributed by atoms with Gasteiger partial charge in [-0.3, -0.25) is 4.72 Å². The van der Waals surface area contributed by atoms with Gasteiger partial charge in [0.25, 0.3) is 10.0 Å². The van der Waals surface area contributed by atoms with Crippen LogP contribution >= 0.6 is 11.3 Å². The van der Waals surface area contributed by atoms with E-state index in [0.717, 1.165) is 27.3 Å². The highest BCUT2D eigenvalue weighted by molar-refractivity contribution is 7.93. The Morgan fingerprint density at radius 1 is 0.966 bits per heavy atom. The fourth-order valence-electron chi connectivity index (χ4n) is 3.34. The zero-order chi connectivity index (χ0) is 20.6. The van der Waals surface area contributed by atoms with Gasteiger partial charge in [0.2, 0.25) is 0 Å². The first-order valence-electron chi connectivity index (χ1n) is 9.09. The van der Waals surface area contributed by atoms with E-state index in [2.05, 4.69) is 9.71 Å². The zero-order valence-corrected chi connectivity index (χ0v) is 18.0. The molecule has 0 atom stereocenters. The van der Waals surface area contributed by atoms with E-state index in [-0.39, 0.29) is 4.90 Å². The molecule has 0 aliphatic rings.